The van der Waals surface area contributed by atoms with Crippen molar-refractivity contribution < 1.29 is 34.3 Å². The maximum Gasteiger partial charge on any atom is 0.306 e. The summed E-state index contributed by atoms with van der Waals surface area (Å²) in [7, 11) is 1.31. The van der Waals surface area contributed by atoms with E-state index in [4.69, 9.17) is 14.2 Å². The molecule has 23 heavy (non-hydrogen) atoms. The van der Waals surface area contributed by atoms with Gasteiger partial charge in [-0.3, -0.25) is 4.79 Å². The van der Waals surface area contributed by atoms with Gasteiger partial charge in [-0.2, -0.15) is 0 Å². The molecule has 1 aromatic carbocycles. The van der Waals surface area contributed by atoms with E-state index < -0.39 is 43.3 Å². The maximum absolute atomic E-state index is 12.0. The number of aryl methyl sites for hydroxylation is 1. The Bertz CT molecular complexity index is 476. The summed E-state index contributed by atoms with van der Waals surface area (Å²) in [6.07, 6.45) is -5.35. The Hall–Kier alpha value is -1.51. The van der Waals surface area contributed by atoms with Gasteiger partial charge in [0, 0.05) is 13.5 Å². The van der Waals surface area contributed by atoms with Crippen LogP contribution in [0.2, 0.25) is 0 Å². The summed E-state index contributed by atoms with van der Waals surface area (Å²) in [6.45, 7) is -0.480. The van der Waals surface area contributed by atoms with Crippen molar-refractivity contribution in [3.8, 4) is 0 Å². The standard InChI is InChI=1S/C16H22O7/c1-21-16-14(20)15(13(19)11(9-17)22-16)23-12(18)8-7-10-5-3-2-4-6-10/h2-6,11,13-17,19-20H,7-9H2,1H3/t11-,13-,14-,15+,16+/m1/s1. The first-order valence-electron chi connectivity index (χ1n) is 7.45. The van der Waals surface area contributed by atoms with E-state index in [0.29, 0.717) is 6.42 Å². The van der Waals surface area contributed by atoms with E-state index in [-0.39, 0.29) is 6.42 Å². The molecule has 128 valence electrons. The predicted molar refractivity (Wildman–Crippen MR) is 79.4 cm³/mol. The van der Waals surface area contributed by atoms with Gasteiger partial charge in [0.1, 0.15) is 18.3 Å². The van der Waals surface area contributed by atoms with Gasteiger partial charge in [0.15, 0.2) is 12.4 Å². The predicted octanol–water partition coefficient (Wildman–Crippen LogP) is -0.384. The lowest BCUT2D eigenvalue weighted by atomic mass is 9.99. The molecule has 0 radical (unpaired) electrons. The monoisotopic (exact) mass is 326 g/mol. The number of methoxy groups -OCH3 is 1. The van der Waals surface area contributed by atoms with Crippen molar-refractivity contribution >= 4 is 5.97 Å². The highest BCUT2D eigenvalue weighted by Gasteiger charge is 2.46. The number of esters is 1. The summed E-state index contributed by atoms with van der Waals surface area (Å²) in [5.41, 5.74) is 0.987. The highest BCUT2D eigenvalue weighted by Crippen LogP contribution is 2.24. The molecule has 1 saturated heterocycles. The van der Waals surface area contributed by atoms with Gasteiger partial charge < -0.3 is 29.5 Å². The molecule has 0 unspecified atom stereocenters. The number of hydrogen-bond acceptors (Lipinski definition) is 7. The molecular weight excluding hydrogens is 304 g/mol. The molecule has 1 aromatic rings. The Morgan fingerprint density at radius 2 is 1.91 bits per heavy atom. The van der Waals surface area contributed by atoms with Crippen molar-refractivity contribution in [3.63, 3.8) is 0 Å². The third-order valence-electron chi connectivity index (χ3n) is 3.78. The smallest absolute Gasteiger partial charge is 0.306 e. The van der Waals surface area contributed by atoms with Gasteiger partial charge >= 0.3 is 5.97 Å². The molecule has 1 heterocycles. The van der Waals surface area contributed by atoms with Crippen molar-refractivity contribution in [1.82, 2.24) is 0 Å². The second kappa shape index (κ2) is 8.37. The molecule has 5 atom stereocenters. The molecule has 2 rings (SSSR count). The van der Waals surface area contributed by atoms with E-state index in [1.165, 1.54) is 7.11 Å². The zero-order chi connectivity index (χ0) is 16.8. The van der Waals surface area contributed by atoms with Crippen molar-refractivity contribution in [2.75, 3.05) is 13.7 Å². The van der Waals surface area contributed by atoms with Crippen LogP contribution in [0.3, 0.4) is 0 Å². The first-order valence-corrected chi connectivity index (χ1v) is 7.45. The average molecular weight is 326 g/mol. The molecule has 1 aliphatic heterocycles. The average Bonchev–Trinajstić information content (AvgIpc) is 2.58. The highest BCUT2D eigenvalue weighted by molar-refractivity contribution is 5.70. The summed E-state index contributed by atoms with van der Waals surface area (Å²) >= 11 is 0. The lowest BCUT2D eigenvalue weighted by molar-refractivity contribution is -0.297. The maximum atomic E-state index is 12.0. The third-order valence-corrected chi connectivity index (χ3v) is 3.78. The van der Waals surface area contributed by atoms with Crippen LogP contribution >= 0.6 is 0 Å². The number of ether oxygens (including phenoxy) is 3. The summed E-state index contributed by atoms with van der Waals surface area (Å²) in [4.78, 5) is 12.0. The Labute approximate surface area is 134 Å². The fourth-order valence-corrected chi connectivity index (χ4v) is 2.49. The first-order chi connectivity index (χ1) is 11.1. The van der Waals surface area contributed by atoms with E-state index in [1.807, 2.05) is 30.3 Å². The number of aliphatic hydroxyl groups is 3. The molecule has 0 saturated carbocycles. The van der Waals surface area contributed by atoms with Crippen molar-refractivity contribution in [3.05, 3.63) is 35.9 Å². The lowest BCUT2D eigenvalue weighted by Crippen LogP contribution is -2.60. The van der Waals surface area contributed by atoms with E-state index in [2.05, 4.69) is 0 Å². The molecule has 7 heteroatoms. The Kier molecular flexibility index (Phi) is 6.49. The molecule has 1 fully saturated rings. The zero-order valence-corrected chi connectivity index (χ0v) is 12.9. The van der Waals surface area contributed by atoms with Crippen LogP contribution in [0.15, 0.2) is 30.3 Å². The van der Waals surface area contributed by atoms with Gasteiger partial charge in [-0.15, -0.1) is 0 Å². The zero-order valence-electron chi connectivity index (χ0n) is 12.9. The van der Waals surface area contributed by atoms with Gasteiger partial charge in [0.2, 0.25) is 0 Å². The molecule has 0 aliphatic carbocycles. The van der Waals surface area contributed by atoms with E-state index in [1.54, 1.807) is 0 Å². The van der Waals surface area contributed by atoms with Gasteiger partial charge in [-0.25, -0.2) is 0 Å². The molecular formula is C16H22O7. The lowest BCUT2D eigenvalue weighted by Gasteiger charge is -2.40. The minimum absolute atomic E-state index is 0.113. The van der Waals surface area contributed by atoms with Crippen LogP contribution in [-0.2, 0) is 25.4 Å². The first kappa shape index (κ1) is 17.8. The van der Waals surface area contributed by atoms with E-state index in [9.17, 15) is 20.1 Å². The minimum Gasteiger partial charge on any atom is -0.456 e. The van der Waals surface area contributed by atoms with Crippen LogP contribution < -0.4 is 0 Å². The SMILES string of the molecule is CO[C@H]1O[C@H](CO)[C@@H](O)[C@H](OC(=O)CCc2ccccc2)[C@H]1O. The second-order valence-electron chi connectivity index (χ2n) is 5.38. The number of carbonyl (C=O) groups excluding carboxylic acids is 1. The number of carbonyl (C=O) groups is 1. The Balaban J connectivity index is 1.94. The topological polar surface area (TPSA) is 105 Å². The van der Waals surface area contributed by atoms with Crippen molar-refractivity contribution in [1.29, 1.82) is 0 Å². The molecule has 0 bridgehead atoms. The van der Waals surface area contributed by atoms with Gasteiger partial charge in [0.05, 0.1) is 6.61 Å². The van der Waals surface area contributed by atoms with E-state index >= 15 is 0 Å². The minimum atomic E-state index is -1.33. The Morgan fingerprint density at radius 3 is 2.52 bits per heavy atom. The number of benzene rings is 1. The Morgan fingerprint density at radius 1 is 1.22 bits per heavy atom. The second-order valence-corrected chi connectivity index (χ2v) is 5.38. The van der Waals surface area contributed by atoms with Crippen LogP contribution in [0.25, 0.3) is 0 Å². The summed E-state index contributed by atoms with van der Waals surface area (Å²) in [6, 6.07) is 9.43. The van der Waals surface area contributed by atoms with Crippen LogP contribution in [0, 0.1) is 0 Å². The van der Waals surface area contributed by atoms with Gasteiger partial charge in [0.25, 0.3) is 0 Å². The fraction of sp³-hybridized carbons (Fsp3) is 0.562. The highest BCUT2D eigenvalue weighted by atomic mass is 16.7. The normalized spacial score (nSPS) is 30.9. The molecule has 0 aromatic heterocycles. The molecule has 1 aliphatic rings. The molecule has 3 N–H and O–H groups in total. The van der Waals surface area contributed by atoms with E-state index in [0.717, 1.165) is 5.56 Å². The largest absolute Gasteiger partial charge is 0.456 e. The number of hydrogen-bond donors (Lipinski definition) is 3. The third kappa shape index (κ3) is 4.49. The molecule has 7 nitrogen and oxygen atoms in total. The van der Waals surface area contributed by atoms with Crippen LogP contribution in [-0.4, -0.2) is 65.7 Å². The van der Waals surface area contributed by atoms with Gasteiger partial charge in [-0.05, 0) is 12.0 Å². The number of aliphatic hydroxyl groups excluding tert-OH is 3. The van der Waals surface area contributed by atoms with Crippen LogP contribution in [0.4, 0.5) is 0 Å². The van der Waals surface area contributed by atoms with Crippen molar-refractivity contribution in [2.24, 2.45) is 0 Å². The quantitative estimate of drug-likeness (QED) is 0.612. The van der Waals surface area contributed by atoms with Crippen LogP contribution in [0.5, 0.6) is 0 Å². The summed E-state index contributed by atoms with van der Waals surface area (Å²) in [5.74, 6) is -0.551. The fourth-order valence-electron chi connectivity index (χ4n) is 2.49. The summed E-state index contributed by atoms with van der Waals surface area (Å²) < 4.78 is 15.3. The van der Waals surface area contributed by atoms with Crippen LogP contribution in [0.1, 0.15) is 12.0 Å². The summed E-state index contributed by atoms with van der Waals surface area (Å²) in [5, 5.41) is 29.3. The molecule has 0 amide bonds. The molecule has 0 spiro atoms. The van der Waals surface area contributed by atoms with Crippen molar-refractivity contribution in [2.45, 2.75) is 43.5 Å². The number of rotatable bonds is 6. The van der Waals surface area contributed by atoms with Gasteiger partial charge in [-0.1, -0.05) is 30.3 Å².